The highest BCUT2D eigenvalue weighted by Gasteiger charge is 2.25. The molecule has 0 radical (unpaired) electrons. The maximum absolute atomic E-state index is 12.2. The smallest absolute Gasteiger partial charge is 0.408 e. The number of carbonyl (C=O) groups is 2. The van der Waals surface area contributed by atoms with Gasteiger partial charge in [0, 0.05) is 24.0 Å². The molecule has 2 amide bonds. The second-order valence-electron chi connectivity index (χ2n) is 7.85. The van der Waals surface area contributed by atoms with Crippen LogP contribution in [0.5, 0.6) is 0 Å². The fourth-order valence-corrected chi connectivity index (χ4v) is 3.35. The Labute approximate surface area is 169 Å². The number of ether oxygens (including phenoxy) is 1. The minimum absolute atomic E-state index is 0.0639. The molecule has 1 aromatic heterocycles. The van der Waals surface area contributed by atoms with Gasteiger partial charge in [-0.2, -0.15) is 0 Å². The number of nitrogens with one attached hydrogen (secondary N) is 2. The van der Waals surface area contributed by atoms with Crippen LogP contribution in [0.25, 0.3) is 10.9 Å². The highest BCUT2D eigenvalue weighted by atomic mass is 35.5. The first-order chi connectivity index (χ1) is 13.1. The maximum Gasteiger partial charge on any atom is 0.408 e. The van der Waals surface area contributed by atoms with Gasteiger partial charge in [-0.1, -0.05) is 23.7 Å². The fourth-order valence-electron chi connectivity index (χ4n) is 3.12. The van der Waals surface area contributed by atoms with Crippen LogP contribution in [-0.4, -0.2) is 42.2 Å². The van der Waals surface area contributed by atoms with Crippen LogP contribution in [-0.2, 0) is 9.53 Å². The van der Waals surface area contributed by atoms with Crippen molar-refractivity contribution in [2.45, 2.75) is 39.3 Å². The molecule has 1 aliphatic heterocycles. The van der Waals surface area contributed by atoms with Crippen LogP contribution >= 0.6 is 11.6 Å². The lowest BCUT2D eigenvalue weighted by Crippen LogP contribution is -2.48. The van der Waals surface area contributed by atoms with Crippen molar-refractivity contribution >= 4 is 40.3 Å². The summed E-state index contributed by atoms with van der Waals surface area (Å²) >= 11 is 6.34. The van der Waals surface area contributed by atoms with Gasteiger partial charge in [0.2, 0.25) is 5.91 Å². The molecule has 0 spiro atoms. The van der Waals surface area contributed by atoms with E-state index >= 15 is 0 Å². The number of anilines is 1. The first kappa shape index (κ1) is 20.2. The number of hydrogen-bond donors (Lipinski definition) is 2. The molecule has 0 bridgehead atoms. The van der Waals surface area contributed by atoms with E-state index in [2.05, 4.69) is 10.6 Å². The van der Waals surface area contributed by atoms with E-state index in [9.17, 15) is 9.59 Å². The Morgan fingerprint density at radius 1 is 1.39 bits per heavy atom. The molecule has 2 heterocycles. The zero-order chi connectivity index (χ0) is 20.5. The minimum Gasteiger partial charge on any atom is -0.444 e. The van der Waals surface area contributed by atoms with Gasteiger partial charge in [0.05, 0.1) is 23.1 Å². The predicted octanol–water partition coefficient (Wildman–Crippen LogP) is 3.41. The van der Waals surface area contributed by atoms with E-state index < -0.39 is 11.7 Å². The molecule has 2 N–H and O–H groups in total. The summed E-state index contributed by atoms with van der Waals surface area (Å²) in [7, 11) is 0. The Balaban J connectivity index is 2.00. The first-order valence-electron chi connectivity index (χ1n) is 9.24. The number of fused-ring (bicyclic) bond motifs is 1. The molecule has 1 aliphatic rings. The van der Waals surface area contributed by atoms with Crippen molar-refractivity contribution in [3.8, 4) is 0 Å². The van der Waals surface area contributed by atoms with Crippen LogP contribution in [0.4, 0.5) is 10.6 Å². The Morgan fingerprint density at radius 3 is 2.82 bits per heavy atom. The third-order valence-electron chi connectivity index (χ3n) is 4.34. The zero-order valence-corrected chi connectivity index (χ0v) is 17.3. The van der Waals surface area contributed by atoms with Crippen LogP contribution in [0.2, 0.25) is 5.02 Å². The second kappa shape index (κ2) is 7.83. The van der Waals surface area contributed by atoms with Crippen LogP contribution in [0.15, 0.2) is 24.3 Å². The molecule has 0 aliphatic carbocycles. The van der Waals surface area contributed by atoms with Gasteiger partial charge in [-0.25, -0.2) is 9.78 Å². The van der Waals surface area contributed by atoms with E-state index in [0.717, 1.165) is 10.9 Å². The summed E-state index contributed by atoms with van der Waals surface area (Å²) < 4.78 is 5.37. The van der Waals surface area contributed by atoms with E-state index in [-0.39, 0.29) is 18.5 Å². The van der Waals surface area contributed by atoms with Crippen molar-refractivity contribution in [1.82, 2.24) is 15.6 Å². The van der Waals surface area contributed by atoms with Gasteiger partial charge >= 0.3 is 6.09 Å². The summed E-state index contributed by atoms with van der Waals surface area (Å²) in [6.07, 6.45) is -0.506. The zero-order valence-electron chi connectivity index (χ0n) is 16.5. The molecule has 150 valence electrons. The van der Waals surface area contributed by atoms with Crippen molar-refractivity contribution in [3.05, 3.63) is 34.9 Å². The first-order valence-corrected chi connectivity index (χ1v) is 9.62. The van der Waals surface area contributed by atoms with Crippen LogP contribution in [0.3, 0.4) is 0 Å². The molecule has 1 atom stereocenters. The van der Waals surface area contributed by atoms with E-state index in [1.54, 1.807) is 6.07 Å². The maximum atomic E-state index is 12.2. The van der Waals surface area contributed by atoms with E-state index in [1.807, 2.05) is 50.8 Å². The molecule has 28 heavy (non-hydrogen) atoms. The van der Waals surface area contributed by atoms with Gasteiger partial charge in [-0.05, 0) is 39.8 Å². The summed E-state index contributed by atoms with van der Waals surface area (Å²) in [4.78, 5) is 30.8. The summed E-state index contributed by atoms with van der Waals surface area (Å²) in [5.41, 5.74) is 0.876. The normalized spacial score (nSPS) is 15.9. The number of pyridine rings is 1. The van der Waals surface area contributed by atoms with Gasteiger partial charge in [0.1, 0.15) is 11.4 Å². The van der Waals surface area contributed by atoms with Crippen LogP contribution in [0, 0.1) is 0 Å². The van der Waals surface area contributed by atoms with E-state index in [1.165, 1.54) is 0 Å². The molecule has 1 aromatic carbocycles. The van der Waals surface area contributed by atoms with E-state index in [0.29, 0.717) is 29.4 Å². The minimum atomic E-state index is -0.591. The van der Waals surface area contributed by atoms with Crippen LogP contribution in [0.1, 0.15) is 39.3 Å². The number of carbonyl (C=O) groups excluding carboxylic acids is 2. The highest BCUT2D eigenvalue weighted by Crippen LogP contribution is 2.32. The Morgan fingerprint density at radius 2 is 2.14 bits per heavy atom. The van der Waals surface area contributed by atoms with Crippen molar-refractivity contribution in [2.75, 3.05) is 24.5 Å². The van der Waals surface area contributed by atoms with Gasteiger partial charge in [-0.15, -0.1) is 0 Å². The molecule has 7 nitrogen and oxygen atoms in total. The molecule has 2 aromatic rings. The van der Waals surface area contributed by atoms with Gasteiger partial charge in [0.15, 0.2) is 0 Å². The summed E-state index contributed by atoms with van der Waals surface area (Å²) in [5.74, 6) is 0.574. The number of aromatic nitrogens is 1. The van der Waals surface area contributed by atoms with Crippen molar-refractivity contribution in [1.29, 1.82) is 0 Å². The predicted molar refractivity (Wildman–Crippen MR) is 110 cm³/mol. The number of rotatable bonds is 3. The molecule has 3 rings (SSSR count). The largest absolute Gasteiger partial charge is 0.444 e. The summed E-state index contributed by atoms with van der Waals surface area (Å²) in [5, 5.41) is 7.08. The quantitative estimate of drug-likeness (QED) is 0.819. The third kappa shape index (κ3) is 4.65. The Hall–Kier alpha value is -2.54. The molecule has 1 unspecified atom stereocenters. The number of benzene rings is 1. The molecule has 0 saturated carbocycles. The average molecular weight is 405 g/mol. The van der Waals surface area contributed by atoms with Gasteiger partial charge in [-0.3, -0.25) is 4.79 Å². The lowest BCUT2D eigenvalue weighted by molar-refractivity contribution is -0.120. The number of piperazine rings is 1. The van der Waals surface area contributed by atoms with Crippen molar-refractivity contribution < 1.29 is 14.3 Å². The lowest BCUT2D eigenvalue weighted by atomic mass is 10.0. The van der Waals surface area contributed by atoms with Crippen molar-refractivity contribution in [2.24, 2.45) is 0 Å². The standard InChI is InChI=1S/C20H25ClN4O3/c1-12(23-19(27)28-20(2,3)4)14-10-13-6-5-7-15(21)17(13)24-18(14)25-9-8-22-16(26)11-25/h5-7,10,12H,8-9,11H2,1-4H3,(H,22,26)(H,23,27). The third-order valence-corrected chi connectivity index (χ3v) is 4.65. The van der Waals surface area contributed by atoms with Crippen molar-refractivity contribution in [3.63, 3.8) is 0 Å². The molecular weight excluding hydrogens is 380 g/mol. The monoisotopic (exact) mass is 404 g/mol. The number of amides is 2. The lowest BCUT2D eigenvalue weighted by Gasteiger charge is -2.31. The Bertz CT molecular complexity index is 910. The molecule has 8 heteroatoms. The molecule has 1 fully saturated rings. The number of alkyl carbamates (subject to hydrolysis) is 1. The second-order valence-corrected chi connectivity index (χ2v) is 8.26. The number of hydrogen-bond acceptors (Lipinski definition) is 5. The van der Waals surface area contributed by atoms with Gasteiger partial charge < -0.3 is 20.3 Å². The average Bonchev–Trinajstić information content (AvgIpc) is 2.59. The van der Waals surface area contributed by atoms with E-state index in [4.69, 9.17) is 21.3 Å². The highest BCUT2D eigenvalue weighted by molar-refractivity contribution is 6.35. The van der Waals surface area contributed by atoms with Gasteiger partial charge in [0.25, 0.3) is 0 Å². The van der Waals surface area contributed by atoms with Crippen LogP contribution < -0.4 is 15.5 Å². The number of halogens is 1. The topological polar surface area (TPSA) is 83.6 Å². The molecular formula is C20H25ClN4O3. The summed E-state index contributed by atoms with van der Waals surface area (Å²) in [6, 6.07) is 7.15. The fraction of sp³-hybridized carbons (Fsp3) is 0.450. The number of nitrogens with zero attached hydrogens (tertiary/aromatic N) is 2. The Kier molecular flexibility index (Phi) is 5.65. The number of para-hydroxylation sites is 1. The molecule has 1 saturated heterocycles. The SMILES string of the molecule is CC(NC(=O)OC(C)(C)C)c1cc2cccc(Cl)c2nc1N1CCNC(=O)C1. The summed E-state index contributed by atoms with van der Waals surface area (Å²) in [6.45, 7) is 8.67.